The number of nitro benzene ring substituents is 1. The Hall–Kier alpha value is -1.20. The van der Waals surface area contributed by atoms with E-state index in [2.05, 4.69) is 4.98 Å². The average molecular weight is 257 g/mol. The Kier molecular flexibility index (Phi) is 2.82. The topological polar surface area (TPSA) is 56.0 Å². The minimum absolute atomic E-state index is 0.0882. The van der Waals surface area contributed by atoms with E-state index in [4.69, 9.17) is 11.6 Å². The molecule has 1 aromatic heterocycles. The van der Waals surface area contributed by atoms with E-state index in [1.165, 1.54) is 17.4 Å². The molecule has 0 amide bonds. The number of halogens is 1. The standard InChI is InChI=1S/C10H9ClN2O2S/c1-5(2)10-12-9-7(16-10)4-3-6(8(9)11)13(14)15/h3-5H,1-2H3. The fraction of sp³-hybridized carbons (Fsp3) is 0.300. The van der Waals surface area contributed by atoms with Gasteiger partial charge < -0.3 is 0 Å². The van der Waals surface area contributed by atoms with Crippen molar-refractivity contribution < 1.29 is 4.92 Å². The molecule has 1 aromatic carbocycles. The molecule has 0 fully saturated rings. The molecule has 4 nitrogen and oxygen atoms in total. The second kappa shape index (κ2) is 3.99. The summed E-state index contributed by atoms with van der Waals surface area (Å²) in [6.45, 7) is 4.06. The van der Waals surface area contributed by atoms with Crippen LogP contribution in [0.2, 0.25) is 5.02 Å². The maximum atomic E-state index is 10.7. The SMILES string of the molecule is CC(C)c1nc2c(Cl)c([N+](=O)[O-])ccc2s1. The maximum Gasteiger partial charge on any atom is 0.290 e. The van der Waals surface area contributed by atoms with Crippen LogP contribution in [0.5, 0.6) is 0 Å². The van der Waals surface area contributed by atoms with Gasteiger partial charge in [-0.2, -0.15) is 0 Å². The first kappa shape index (κ1) is 11.3. The Bertz CT molecular complexity index is 565. The number of nitrogens with zero attached hydrogens (tertiary/aromatic N) is 2. The summed E-state index contributed by atoms with van der Waals surface area (Å²) in [7, 11) is 0. The zero-order valence-corrected chi connectivity index (χ0v) is 10.3. The van der Waals surface area contributed by atoms with E-state index in [9.17, 15) is 10.1 Å². The highest BCUT2D eigenvalue weighted by Gasteiger charge is 2.18. The largest absolute Gasteiger partial charge is 0.290 e. The molecule has 2 rings (SSSR count). The fourth-order valence-electron chi connectivity index (χ4n) is 1.36. The Labute approximate surface area is 101 Å². The van der Waals surface area contributed by atoms with Gasteiger partial charge in [0, 0.05) is 12.0 Å². The van der Waals surface area contributed by atoms with Gasteiger partial charge in [-0.25, -0.2) is 4.98 Å². The molecule has 1 heterocycles. The summed E-state index contributed by atoms with van der Waals surface area (Å²) < 4.78 is 0.888. The molecule has 2 aromatic rings. The van der Waals surface area contributed by atoms with Crippen molar-refractivity contribution >= 4 is 38.8 Å². The van der Waals surface area contributed by atoms with E-state index in [1.54, 1.807) is 6.07 Å². The van der Waals surface area contributed by atoms with Crippen LogP contribution in [0.1, 0.15) is 24.8 Å². The summed E-state index contributed by atoms with van der Waals surface area (Å²) in [4.78, 5) is 14.5. The van der Waals surface area contributed by atoms with Gasteiger partial charge in [0.15, 0.2) is 0 Å². The molecule has 6 heteroatoms. The van der Waals surface area contributed by atoms with Crippen molar-refractivity contribution in [1.82, 2.24) is 4.98 Å². The van der Waals surface area contributed by atoms with Crippen molar-refractivity contribution in [2.45, 2.75) is 19.8 Å². The number of thiazole rings is 1. The number of rotatable bonds is 2. The Morgan fingerprint density at radius 1 is 1.50 bits per heavy atom. The molecule has 0 spiro atoms. The molecule has 0 radical (unpaired) electrons. The summed E-state index contributed by atoms with van der Waals surface area (Å²) in [5.74, 6) is 0.299. The molecule has 0 aliphatic carbocycles. The fourth-order valence-corrected chi connectivity index (χ4v) is 2.67. The molecular weight excluding hydrogens is 248 g/mol. The van der Waals surface area contributed by atoms with Crippen molar-refractivity contribution in [1.29, 1.82) is 0 Å². The molecular formula is C10H9ClN2O2S. The van der Waals surface area contributed by atoms with Gasteiger partial charge in [-0.3, -0.25) is 10.1 Å². The molecule has 0 atom stereocenters. The van der Waals surface area contributed by atoms with Crippen molar-refractivity contribution in [2.75, 3.05) is 0 Å². The van der Waals surface area contributed by atoms with E-state index in [1.807, 2.05) is 13.8 Å². The number of nitro groups is 1. The van der Waals surface area contributed by atoms with Gasteiger partial charge >= 0.3 is 0 Å². The van der Waals surface area contributed by atoms with Crippen LogP contribution in [0.25, 0.3) is 10.2 Å². The summed E-state index contributed by atoms with van der Waals surface area (Å²) in [5, 5.41) is 11.8. The van der Waals surface area contributed by atoms with Crippen LogP contribution < -0.4 is 0 Å². The van der Waals surface area contributed by atoms with Crippen molar-refractivity contribution in [3.8, 4) is 0 Å². The molecule has 0 bridgehead atoms. The van der Waals surface area contributed by atoms with Crippen LogP contribution in [0, 0.1) is 10.1 Å². The van der Waals surface area contributed by atoms with Crippen LogP contribution in [-0.4, -0.2) is 9.91 Å². The molecule has 0 N–H and O–H groups in total. The molecule has 84 valence electrons. The van der Waals surface area contributed by atoms with Crippen molar-refractivity contribution in [3.05, 3.63) is 32.3 Å². The van der Waals surface area contributed by atoms with E-state index in [0.717, 1.165) is 9.71 Å². The quantitative estimate of drug-likeness (QED) is 0.603. The number of fused-ring (bicyclic) bond motifs is 1. The summed E-state index contributed by atoms with van der Waals surface area (Å²) in [6.07, 6.45) is 0. The van der Waals surface area contributed by atoms with Gasteiger partial charge in [0.1, 0.15) is 10.5 Å². The zero-order valence-electron chi connectivity index (χ0n) is 8.73. The minimum Gasteiger partial charge on any atom is -0.258 e. The van der Waals surface area contributed by atoms with Crippen LogP contribution in [0.4, 0.5) is 5.69 Å². The normalized spacial score (nSPS) is 11.2. The number of benzene rings is 1. The minimum atomic E-state index is -0.490. The maximum absolute atomic E-state index is 10.7. The first-order chi connectivity index (χ1) is 7.50. The number of hydrogen-bond donors (Lipinski definition) is 0. The molecule has 0 saturated carbocycles. The van der Waals surface area contributed by atoms with Gasteiger partial charge in [0.25, 0.3) is 5.69 Å². The molecule has 0 saturated heterocycles. The van der Waals surface area contributed by atoms with E-state index in [-0.39, 0.29) is 10.7 Å². The second-order valence-corrected chi connectivity index (χ2v) is 5.15. The Morgan fingerprint density at radius 3 is 2.75 bits per heavy atom. The van der Waals surface area contributed by atoms with E-state index in [0.29, 0.717) is 11.4 Å². The molecule has 0 aliphatic rings. The predicted molar refractivity (Wildman–Crippen MR) is 65.4 cm³/mol. The molecule has 0 unspecified atom stereocenters. The Morgan fingerprint density at radius 2 is 2.19 bits per heavy atom. The van der Waals surface area contributed by atoms with Gasteiger partial charge in [-0.1, -0.05) is 25.4 Å². The lowest BCUT2D eigenvalue weighted by molar-refractivity contribution is -0.384. The smallest absolute Gasteiger partial charge is 0.258 e. The highest BCUT2D eigenvalue weighted by atomic mass is 35.5. The average Bonchev–Trinajstić information content (AvgIpc) is 2.62. The Balaban J connectivity index is 2.69. The number of hydrogen-bond acceptors (Lipinski definition) is 4. The summed E-state index contributed by atoms with van der Waals surface area (Å²) in [5.41, 5.74) is 0.444. The van der Waals surface area contributed by atoms with E-state index >= 15 is 0 Å². The van der Waals surface area contributed by atoms with Crippen LogP contribution in [0.3, 0.4) is 0 Å². The van der Waals surface area contributed by atoms with Gasteiger partial charge in [-0.05, 0) is 6.07 Å². The third-order valence-corrected chi connectivity index (χ3v) is 3.88. The van der Waals surface area contributed by atoms with E-state index < -0.39 is 4.92 Å². The highest BCUT2D eigenvalue weighted by molar-refractivity contribution is 7.18. The molecule has 0 aliphatic heterocycles. The zero-order chi connectivity index (χ0) is 11.9. The van der Waals surface area contributed by atoms with Crippen molar-refractivity contribution in [3.63, 3.8) is 0 Å². The molecule has 16 heavy (non-hydrogen) atoms. The lowest BCUT2D eigenvalue weighted by Crippen LogP contribution is -1.89. The summed E-state index contributed by atoms with van der Waals surface area (Å²) in [6, 6.07) is 3.12. The van der Waals surface area contributed by atoms with Crippen LogP contribution in [-0.2, 0) is 0 Å². The lowest BCUT2D eigenvalue weighted by atomic mass is 10.2. The summed E-state index contributed by atoms with van der Waals surface area (Å²) >= 11 is 7.48. The second-order valence-electron chi connectivity index (χ2n) is 3.71. The monoisotopic (exact) mass is 256 g/mol. The third-order valence-electron chi connectivity index (χ3n) is 2.19. The van der Waals surface area contributed by atoms with Gasteiger partial charge in [0.2, 0.25) is 0 Å². The van der Waals surface area contributed by atoms with Crippen molar-refractivity contribution in [2.24, 2.45) is 0 Å². The predicted octanol–water partition coefficient (Wildman–Crippen LogP) is 3.98. The highest BCUT2D eigenvalue weighted by Crippen LogP contribution is 2.36. The van der Waals surface area contributed by atoms with Crippen LogP contribution >= 0.6 is 22.9 Å². The first-order valence-corrected chi connectivity index (χ1v) is 5.93. The third kappa shape index (κ3) is 1.76. The van der Waals surface area contributed by atoms with Gasteiger partial charge in [0.05, 0.1) is 14.6 Å². The van der Waals surface area contributed by atoms with Crippen LogP contribution in [0.15, 0.2) is 12.1 Å². The lowest BCUT2D eigenvalue weighted by Gasteiger charge is -1.95. The number of aromatic nitrogens is 1. The first-order valence-electron chi connectivity index (χ1n) is 4.74. The van der Waals surface area contributed by atoms with Gasteiger partial charge in [-0.15, -0.1) is 11.3 Å².